The van der Waals surface area contributed by atoms with Gasteiger partial charge >= 0.3 is 0 Å². The van der Waals surface area contributed by atoms with E-state index in [1.807, 2.05) is 0 Å². The highest BCUT2D eigenvalue weighted by Crippen LogP contribution is 2.10. The Morgan fingerprint density at radius 1 is 1.12 bits per heavy atom. The van der Waals surface area contributed by atoms with Crippen LogP contribution in [-0.2, 0) is 9.53 Å². The molecule has 1 unspecified atom stereocenters. The van der Waals surface area contributed by atoms with Crippen LogP contribution >= 0.6 is 0 Å². The van der Waals surface area contributed by atoms with E-state index < -0.39 is 0 Å². The quantitative estimate of drug-likeness (QED) is 0.732. The zero-order chi connectivity index (χ0) is 11.2. The average molecular weight is 226 g/mol. The molecule has 2 rings (SSSR count). The van der Waals surface area contributed by atoms with Crippen molar-refractivity contribution in [3.63, 3.8) is 0 Å². The standard InChI is InChI=1S/C12H22N2O2/c15-12(11-4-2-1-3-7-13-11)14-10-5-8-16-9-6-10/h10-11,13H,1-9H2,(H,14,15). The summed E-state index contributed by atoms with van der Waals surface area (Å²) in [5.74, 6) is 0.189. The largest absolute Gasteiger partial charge is 0.381 e. The number of ether oxygens (including phenoxy) is 1. The topological polar surface area (TPSA) is 50.4 Å². The second-order valence-electron chi connectivity index (χ2n) is 4.75. The smallest absolute Gasteiger partial charge is 0.237 e. The highest BCUT2D eigenvalue weighted by molar-refractivity contribution is 5.82. The van der Waals surface area contributed by atoms with Crippen LogP contribution in [0.3, 0.4) is 0 Å². The van der Waals surface area contributed by atoms with Crippen molar-refractivity contribution in [2.75, 3.05) is 19.8 Å². The van der Waals surface area contributed by atoms with E-state index in [4.69, 9.17) is 4.74 Å². The van der Waals surface area contributed by atoms with E-state index in [9.17, 15) is 4.79 Å². The van der Waals surface area contributed by atoms with Crippen LogP contribution in [0.25, 0.3) is 0 Å². The predicted molar refractivity (Wildman–Crippen MR) is 62.2 cm³/mol. The van der Waals surface area contributed by atoms with E-state index in [0.29, 0.717) is 6.04 Å². The fraction of sp³-hybridized carbons (Fsp3) is 0.917. The number of hydrogen-bond donors (Lipinski definition) is 2. The van der Waals surface area contributed by atoms with E-state index in [0.717, 1.165) is 39.0 Å². The number of hydrogen-bond acceptors (Lipinski definition) is 3. The first-order valence-electron chi connectivity index (χ1n) is 6.48. The van der Waals surface area contributed by atoms with Gasteiger partial charge in [0.05, 0.1) is 6.04 Å². The van der Waals surface area contributed by atoms with Crippen LogP contribution in [0, 0.1) is 0 Å². The lowest BCUT2D eigenvalue weighted by Crippen LogP contribution is -2.48. The van der Waals surface area contributed by atoms with Crippen LogP contribution in [0.1, 0.15) is 38.5 Å². The Hall–Kier alpha value is -0.610. The van der Waals surface area contributed by atoms with Gasteiger partial charge in [0.25, 0.3) is 0 Å². The van der Waals surface area contributed by atoms with Crippen molar-refractivity contribution >= 4 is 5.91 Å². The van der Waals surface area contributed by atoms with Crippen molar-refractivity contribution in [1.82, 2.24) is 10.6 Å². The van der Waals surface area contributed by atoms with Gasteiger partial charge in [0, 0.05) is 19.3 Å². The van der Waals surface area contributed by atoms with Gasteiger partial charge in [-0.2, -0.15) is 0 Å². The van der Waals surface area contributed by atoms with Crippen molar-refractivity contribution in [3.05, 3.63) is 0 Å². The molecule has 2 saturated heterocycles. The van der Waals surface area contributed by atoms with Crippen LogP contribution < -0.4 is 10.6 Å². The summed E-state index contributed by atoms with van der Waals surface area (Å²) in [5.41, 5.74) is 0. The Morgan fingerprint density at radius 2 is 1.94 bits per heavy atom. The summed E-state index contributed by atoms with van der Waals surface area (Å²) in [5, 5.41) is 6.46. The summed E-state index contributed by atoms with van der Waals surface area (Å²) in [4.78, 5) is 12.0. The fourth-order valence-corrected chi connectivity index (χ4v) is 2.40. The Labute approximate surface area is 97.1 Å². The molecule has 1 amide bonds. The molecule has 2 aliphatic rings. The summed E-state index contributed by atoms with van der Waals surface area (Å²) in [7, 11) is 0. The minimum Gasteiger partial charge on any atom is -0.381 e. The molecule has 0 aromatic rings. The number of carbonyl (C=O) groups excluding carboxylic acids is 1. The average Bonchev–Trinajstić information content (AvgIpc) is 2.59. The van der Waals surface area contributed by atoms with Crippen LogP contribution in [0.15, 0.2) is 0 Å². The summed E-state index contributed by atoms with van der Waals surface area (Å²) >= 11 is 0. The van der Waals surface area contributed by atoms with Gasteiger partial charge in [-0.25, -0.2) is 0 Å². The van der Waals surface area contributed by atoms with Crippen LogP contribution in [0.5, 0.6) is 0 Å². The van der Waals surface area contributed by atoms with E-state index in [-0.39, 0.29) is 11.9 Å². The van der Waals surface area contributed by atoms with E-state index in [1.165, 1.54) is 19.3 Å². The molecule has 4 heteroatoms. The number of rotatable bonds is 2. The SMILES string of the molecule is O=C(NC1CCOCC1)C1CCCCCN1. The summed E-state index contributed by atoms with van der Waals surface area (Å²) in [6, 6.07) is 0.358. The highest BCUT2D eigenvalue weighted by atomic mass is 16.5. The molecular formula is C12H22N2O2. The van der Waals surface area contributed by atoms with Gasteiger partial charge in [0.2, 0.25) is 5.91 Å². The van der Waals surface area contributed by atoms with E-state index in [2.05, 4.69) is 10.6 Å². The third-order valence-corrected chi connectivity index (χ3v) is 3.44. The van der Waals surface area contributed by atoms with E-state index in [1.54, 1.807) is 0 Å². The second kappa shape index (κ2) is 6.21. The second-order valence-corrected chi connectivity index (χ2v) is 4.75. The minimum absolute atomic E-state index is 0.0327. The maximum absolute atomic E-state index is 12.0. The first kappa shape index (κ1) is 11.9. The fourth-order valence-electron chi connectivity index (χ4n) is 2.40. The molecule has 2 N–H and O–H groups in total. The van der Waals surface area contributed by atoms with Crippen molar-refractivity contribution in [1.29, 1.82) is 0 Å². The van der Waals surface area contributed by atoms with Crippen molar-refractivity contribution in [3.8, 4) is 0 Å². The Bertz CT molecular complexity index is 219. The highest BCUT2D eigenvalue weighted by Gasteiger charge is 2.23. The Balaban J connectivity index is 1.76. The van der Waals surface area contributed by atoms with Gasteiger partial charge in [-0.1, -0.05) is 12.8 Å². The number of nitrogens with one attached hydrogen (secondary N) is 2. The normalized spacial score (nSPS) is 28.4. The molecule has 2 fully saturated rings. The van der Waals surface area contributed by atoms with Crippen LogP contribution in [0.4, 0.5) is 0 Å². The lowest BCUT2D eigenvalue weighted by atomic mass is 10.1. The number of amides is 1. The molecule has 92 valence electrons. The van der Waals surface area contributed by atoms with Crippen LogP contribution in [-0.4, -0.2) is 37.7 Å². The van der Waals surface area contributed by atoms with Crippen molar-refractivity contribution in [2.45, 2.75) is 50.6 Å². The first-order chi connectivity index (χ1) is 7.86. The van der Waals surface area contributed by atoms with Gasteiger partial charge in [-0.05, 0) is 32.2 Å². The molecule has 2 aliphatic heterocycles. The summed E-state index contributed by atoms with van der Waals surface area (Å²) in [6.45, 7) is 2.54. The molecule has 0 spiro atoms. The molecule has 0 radical (unpaired) electrons. The van der Waals surface area contributed by atoms with Crippen molar-refractivity contribution in [2.24, 2.45) is 0 Å². The Kier molecular flexibility index (Phi) is 4.60. The zero-order valence-electron chi connectivity index (χ0n) is 9.84. The van der Waals surface area contributed by atoms with Crippen LogP contribution in [0.2, 0.25) is 0 Å². The third kappa shape index (κ3) is 3.46. The van der Waals surface area contributed by atoms with Gasteiger partial charge in [0.1, 0.15) is 0 Å². The van der Waals surface area contributed by atoms with Gasteiger partial charge < -0.3 is 15.4 Å². The van der Waals surface area contributed by atoms with Gasteiger partial charge in [-0.3, -0.25) is 4.79 Å². The monoisotopic (exact) mass is 226 g/mol. The van der Waals surface area contributed by atoms with Gasteiger partial charge in [0.15, 0.2) is 0 Å². The molecule has 0 bridgehead atoms. The number of carbonyl (C=O) groups is 1. The lowest BCUT2D eigenvalue weighted by Gasteiger charge is -2.25. The maximum Gasteiger partial charge on any atom is 0.237 e. The maximum atomic E-state index is 12.0. The van der Waals surface area contributed by atoms with E-state index >= 15 is 0 Å². The predicted octanol–water partition coefficient (Wildman–Crippen LogP) is 0.814. The van der Waals surface area contributed by atoms with Gasteiger partial charge in [-0.15, -0.1) is 0 Å². The first-order valence-corrected chi connectivity index (χ1v) is 6.48. The molecular weight excluding hydrogens is 204 g/mol. The summed E-state index contributed by atoms with van der Waals surface area (Å²) in [6.07, 6.45) is 6.50. The van der Waals surface area contributed by atoms with Crippen molar-refractivity contribution < 1.29 is 9.53 Å². The molecule has 2 heterocycles. The third-order valence-electron chi connectivity index (χ3n) is 3.44. The molecule has 0 aromatic carbocycles. The molecule has 1 atom stereocenters. The molecule has 0 aliphatic carbocycles. The molecule has 4 nitrogen and oxygen atoms in total. The zero-order valence-corrected chi connectivity index (χ0v) is 9.84. The molecule has 0 aromatic heterocycles. The Morgan fingerprint density at radius 3 is 2.75 bits per heavy atom. The molecule has 16 heavy (non-hydrogen) atoms. The molecule has 0 saturated carbocycles. The minimum atomic E-state index is 0.0327. The lowest BCUT2D eigenvalue weighted by molar-refractivity contribution is -0.124. The summed E-state index contributed by atoms with van der Waals surface area (Å²) < 4.78 is 5.28.